The highest BCUT2D eigenvalue weighted by Gasteiger charge is 2.24. The van der Waals surface area contributed by atoms with Crippen molar-refractivity contribution in [1.29, 1.82) is 0 Å². The normalized spacial score (nSPS) is 19.2. The van der Waals surface area contributed by atoms with E-state index in [1.165, 1.54) is 0 Å². The van der Waals surface area contributed by atoms with Gasteiger partial charge in [-0.3, -0.25) is 4.79 Å². The second-order valence-electron chi connectivity index (χ2n) is 7.97. The molecular formula is C22H31FN6O3. The number of pyridine rings is 2. The first kappa shape index (κ1) is 23.7. The van der Waals surface area contributed by atoms with E-state index in [1.807, 2.05) is 6.92 Å². The smallest absolute Gasteiger partial charge is 0.252 e. The maximum atomic E-state index is 14.7. The van der Waals surface area contributed by atoms with Crippen LogP contribution in [0.1, 0.15) is 49.4 Å². The van der Waals surface area contributed by atoms with Crippen LogP contribution >= 0.6 is 0 Å². The van der Waals surface area contributed by atoms with Gasteiger partial charge in [0.25, 0.3) is 5.91 Å². The zero-order valence-electron chi connectivity index (χ0n) is 18.4. The molecule has 10 heteroatoms. The van der Waals surface area contributed by atoms with Crippen LogP contribution in [0.25, 0.3) is 0 Å². The predicted molar refractivity (Wildman–Crippen MR) is 121 cm³/mol. The molecule has 1 fully saturated rings. The van der Waals surface area contributed by atoms with E-state index in [4.69, 9.17) is 20.9 Å². The Morgan fingerprint density at radius 3 is 2.81 bits per heavy atom. The van der Waals surface area contributed by atoms with Crippen molar-refractivity contribution in [3.63, 3.8) is 0 Å². The SMILES string of the molecule is COC(C)CCOc1cc(Nc2nc(N[C@@H]3CCCC[C@@H]3N)c(F)cc2C(N)=O)ccn1. The second-order valence-corrected chi connectivity index (χ2v) is 7.97. The third-order valence-electron chi connectivity index (χ3n) is 5.56. The number of hydrogen-bond acceptors (Lipinski definition) is 8. The largest absolute Gasteiger partial charge is 0.478 e. The standard InChI is InChI=1S/C22H31FN6O3/c1-13(31-2)8-10-32-19-11-14(7-9-26-19)27-21-15(20(25)30)12-16(23)22(29-21)28-18-6-4-3-5-17(18)24/h7,9,11-13,17-18H,3-6,8,10,24H2,1-2H3,(H2,25,30)(H2,26,27,28,29)/t13?,17-,18+/m0/s1. The lowest BCUT2D eigenvalue weighted by Crippen LogP contribution is -2.43. The fourth-order valence-electron chi connectivity index (χ4n) is 3.54. The fourth-order valence-corrected chi connectivity index (χ4v) is 3.54. The van der Waals surface area contributed by atoms with Gasteiger partial charge in [-0.1, -0.05) is 12.8 Å². The van der Waals surface area contributed by atoms with Gasteiger partial charge in [0, 0.05) is 43.6 Å². The number of aromatic nitrogens is 2. The lowest BCUT2D eigenvalue weighted by Gasteiger charge is -2.30. The third kappa shape index (κ3) is 6.27. The van der Waals surface area contributed by atoms with Crippen LogP contribution < -0.4 is 26.8 Å². The van der Waals surface area contributed by atoms with Crippen molar-refractivity contribution in [2.24, 2.45) is 11.5 Å². The van der Waals surface area contributed by atoms with E-state index in [0.717, 1.165) is 31.7 Å². The average Bonchev–Trinajstić information content (AvgIpc) is 2.77. The van der Waals surface area contributed by atoms with Crippen molar-refractivity contribution >= 4 is 23.2 Å². The molecule has 1 aliphatic carbocycles. The number of carbonyl (C=O) groups excluding carboxylic acids is 1. The Kier molecular flexibility index (Phi) is 8.18. The van der Waals surface area contributed by atoms with Crippen molar-refractivity contribution in [3.05, 3.63) is 35.8 Å². The molecular weight excluding hydrogens is 415 g/mol. The number of halogens is 1. The summed E-state index contributed by atoms with van der Waals surface area (Å²) in [5.74, 6) is -0.894. The van der Waals surface area contributed by atoms with Crippen LogP contribution in [0.5, 0.6) is 5.88 Å². The van der Waals surface area contributed by atoms with Crippen molar-refractivity contribution in [2.75, 3.05) is 24.4 Å². The first-order chi connectivity index (χ1) is 15.4. The molecule has 1 aliphatic rings. The Balaban J connectivity index is 1.78. The number of methoxy groups -OCH3 is 1. The summed E-state index contributed by atoms with van der Waals surface area (Å²) in [4.78, 5) is 20.4. The molecule has 0 saturated heterocycles. The summed E-state index contributed by atoms with van der Waals surface area (Å²) in [7, 11) is 1.64. The zero-order valence-corrected chi connectivity index (χ0v) is 18.4. The van der Waals surface area contributed by atoms with Gasteiger partial charge in [-0.2, -0.15) is 0 Å². The van der Waals surface area contributed by atoms with Gasteiger partial charge in [0.15, 0.2) is 11.6 Å². The summed E-state index contributed by atoms with van der Waals surface area (Å²) in [6, 6.07) is 4.26. The number of hydrogen-bond donors (Lipinski definition) is 4. The monoisotopic (exact) mass is 446 g/mol. The Hall–Kier alpha value is -2.98. The molecule has 3 rings (SSSR count). The topological polar surface area (TPSA) is 137 Å². The summed E-state index contributed by atoms with van der Waals surface area (Å²) in [5.41, 5.74) is 12.1. The maximum absolute atomic E-state index is 14.7. The molecule has 9 nitrogen and oxygen atoms in total. The van der Waals surface area contributed by atoms with Crippen LogP contribution in [0.2, 0.25) is 0 Å². The quantitative estimate of drug-likeness (QED) is 0.437. The summed E-state index contributed by atoms with van der Waals surface area (Å²) in [6.07, 6.45) is 6.10. The van der Waals surface area contributed by atoms with Crippen LogP contribution in [0, 0.1) is 5.82 Å². The third-order valence-corrected chi connectivity index (χ3v) is 5.56. The van der Waals surface area contributed by atoms with Crippen LogP contribution in [0.15, 0.2) is 24.4 Å². The minimum atomic E-state index is -0.793. The Bertz CT molecular complexity index is 929. The van der Waals surface area contributed by atoms with E-state index >= 15 is 0 Å². The van der Waals surface area contributed by atoms with Gasteiger partial charge < -0.3 is 31.6 Å². The predicted octanol–water partition coefficient (Wildman–Crippen LogP) is 2.94. The van der Waals surface area contributed by atoms with Gasteiger partial charge in [-0.25, -0.2) is 14.4 Å². The molecule has 6 N–H and O–H groups in total. The van der Waals surface area contributed by atoms with Crippen molar-refractivity contribution in [1.82, 2.24) is 9.97 Å². The number of carbonyl (C=O) groups is 1. The minimum Gasteiger partial charge on any atom is -0.478 e. The Labute approximate surface area is 187 Å². The number of rotatable bonds is 10. The number of anilines is 3. The number of amides is 1. The number of ether oxygens (including phenoxy) is 2. The summed E-state index contributed by atoms with van der Waals surface area (Å²) in [5, 5.41) is 6.12. The molecule has 0 bridgehead atoms. The molecule has 0 aromatic carbocycles. The first-order valence-electron chi connectivity index (χ1n) is 10.8. The Morgan fingerprint density at radius 1 is 1.31 bits per heavy atom. The highest BCUT2D eigenvalue weighted by molar-refractivity contribution is 5.98. The van der Waals surface area contributed by atoms with Crippen LogP contribution in [0.4, 0.5) is 21.7 Å². The summed E-state index contributed by atoms with van der Waals surface area (Å²) in [6.45, 7) is 2.38. The van der Waals surface area contributed by atoms with Gasteiger partial charge in [-0.15, -0.1) is 0 Å². The van der Waals surface area contributed by atoms with E-state index in [9.17, 15) is 9.18 Å². The minimum absolute atomic E-state index is 0.0268. The highest BCUT2D eigenvalue weighted by Crippen LogP contribution is 2.27. The van der Waals surface area contributed by atoms with E-state index in [-0.39, 0.29) is 35.4 Å². The molecule has 2 aromatic heterocycles. The second kappa shape index (κ2) is 11.1. The van der Waals surface area contributed by atoms with Gasteiger partial charge in [0.2, 0.25) is 5.88 Å². The van der Waals surface area contributed by atoms with Crippen molar-refractivity contribution in [3.8, 4) is 5.88 Å². The average molecular weight is 447 g/mol. The van der Waals surface area contributed by atoms with Crippen LogP contribution in [0.3, 0.4) is 0 Å². The molecule has 0 aliphatic heterocycles. The molecule has 32 heavy (non-hydrogen) atoms. The number of nitrogens with two attached hydrogens (primary N) is 2. The summed E-state index contributed by atoms with van der Waals surface area (Å²) < 4.78 is 25.5. The maximum Gasteiger partial charge on any atom is 0.252 e. The molecule has 0 radical (unpaired) electrons. The molecule has 2 aromatic rings. The number of nitrogens with zero attached hydrogens (tertiary/aromatic N) is 2. The fraction of sp³-hybridized carbons (Fsp3) is 0.500. The van der Waals surface area contributed by atoms with E-state index in [1.54, 1.807) is 25.4 Å². The summed E-state index contributed by atoms with van der Waals surface area (Å²) >= 11 is 0. The van der Waals surface area contributed by atoms with Gasteiger partial charge in [0.1, 0.15) is 5.82 Å². The van der Waals surface area contributed by atoms with Gasteiger partial charge >= 0.3 is 0 Å². The van der Waals surface area contributed by atoms with E-state index < -0.39 is 11.7 Å². The Morgan fingerprint density at radius 2 is 2.09 bits per heavy atom. The molecule has 1 unspecified atom stereocenters. The van der Waals surface area contributed by atoms with E-state index in [0.29, 0.717) is 24.6 Å². The van der Waals surface area contributed by atoms with Crippen molar-refractivity contribution < 1.29 is 18.7 Å². The molecule has 2 heterocycles. The molecule has 3 atom stereocenters. The van der Waals surface area contributed by atoms with E-state index in [2.05, 4.69) is 20.6 Å². The van der Waals surface area contributed by atoms with Gasteiger partial charge in [0.05, 0.1) is 18.3 Å². The first-order valence-corrected chi connectivity index (χ1v) is 10.8. The van der Waals surface area contributed by atoms with Crippen LogP contribution in [-0.2, 0) is 4.74 Å². The highest BCUT2D eigenvalue weighted by atomic mass is 19.1. The number of primary amides is 1. The molecule has 0 spiro atoms. The molecule has 1 amide bonds. The number of nitrogens with one attached hydrogen (secondary N) is 2. The zero-order chi connectivity index (χ0) is 23.1. The van der Waals surface area contributed by atoms with Gasteiger partial charge in [-0.05, 0) is 31.9 Å². The lowest BCUT2D eigenvalue weighted by atomic mass is 9.91. The molecule has 174 valence electrons. The lowest BCUT2D eigenvalue weighted by molar-refractivity contribution is 0.0948. The molecule has 1 saturated carbocycles. The van der Waals surface area contributed by atoms with Crippen LogP contribution in [-0.4, -0.2) is 47.8 Å². The van der Waals surface area contributed by atoms with Crippen molar-refractivity contribution in [2.45, 2.75) is 57.2 Å².